The smallest absolute Gasteiger partial charge is 0.408 e. The van der Waals surface area contributed by atoms with Gasteiger partial charge in [-0.25, -0.2) is 4.79 Å². The van der Waals surface area contributed by atoms with Crippen molar-refractivity contribution in [3.63, 3.8) is 0 Å². The molecule has 1 heterocycles. The number of carboxylic acid groups (broad SMARTS) is 1. The number of ether oxygens (including phenoxy) is 3. The van der Waals surface area contributed by atoms with Crippen molar-refractivity contribution in [1.82, 2.24) is 9.80 Å². The Kier molecular flexibility index (Phi) is 11.5. The normalized spacial score (nSPS) is 17.0. The quantitative estimate of drug-likeness (QED) is 0.110. The molecule has 1 aliphatic carbocycles. The second-order valence-corrected chi connectivity index (χ2v) is 15.2. The molecule has 7 rings (SSSR count). The third-order valence-electron chi connectivity index (χ3n) is 11.3. The number of hydrogen-bond donors (Lipinski definition) is 2. The van der Waals surface area contributed by atoms with E-state index in [1.54, 1.807) is 19.1 Å². The predicted octanol–water partition coefficient (Wildman–Crippen LogP) is 8.18. The summed E-state index contributed by atoms with van der Waals surface area (Å²) in [5.41, 5.74) is 5.70. The van der Waals surface area contributed by atoms with Crippen LogP contribution in [0.1, 0.15) is 60.4 Å². The first kappa shape index (κ1) is 38.6. The van der Waals surface area contributed by atoms with Crippen molar-refractivity contribution in [3.8, 4) is 22.6 Å². The number of benzene rings is 5. The molecule has 2 aliphatic rings. The van der Waals surface area contributed by atoms with Gasteiger partial charge in [0.1, 0.15) is 23.1 Å². The SMILES string of the molecule is COc1ccc(C(OC[C@@H]2C[C@@H](O)CN2C(=O)C(CC(C)C)N(CC2c3ccccc3-c3ccccc32)C(=O)O)(c2ccccc2)c2ccc(OC)cc2)cc1. The van der Waals surface area contributed by atoms with Crippen LogP contribution in [0.25, 0.3) is 11.1 Å². The fourth-order valence-corrected chi connectivity index (χ4v) is 8.61. The van der Waals surface area contributed by atoms with Crippen molar-refractivity contribution >= 4 is 12.0 Å². The zero-order valence-corrected chi connectivity index (χ0v) is 32.4. The molecule has 1 unspecified atom stereocenters. The van der Waals surface area contributed by atoms with E-state index in [1.165, 1.54) is 4.90 Å². The topological polar surface area (TPSA) is 109 Å². The lowest BCUT2D eigenvalue weighted by atomic mass is 9.80. The van der Waals surface area contributed by atoms with Gasteiger partial charge in [-0.05, 0) is 82.0 Å². The molecular formula is C47H50N2O7. The van der Waals surface area contributed by atoms with E-state index >= 15 is 0 Å². The molecule has 0 spiro atoms. The Labute approximate surface area is 329 Å². The van der Waals surface area contributed by atoms with E-state index in [1.807, 2.05) is 129 Å². The van der Waals surface area contributed by atoms with Crippen LogP contribution >= 0.6 is 0 Å². The molecule has 2 amide bonds. The summed E-state index contributed by atoms with van der Waals surface area (Å²) in [6.45, 7) is 4.26. The van der Waals surface area contributed by atoms with Crippen LogP contribution in [0.5, 0.6) is 11.5 Å². The minimum Gasteiger partial charge on any atom is -0.497 e. The minimum absolute atomic E-state index is 0.0204. The molecule has 1 fully saturated rings. The van der Waals surface area contributed by atoms with Gasteiger partial charge in [0.15, 0.2) is 0 Å². The van der Waals surface area contributed by atoms with Crippen LogP contribution in [0, 0.1) is 5.92 Å². The highest BCUT2D eigenvalue weighted by molar-refractivity contribution is 5.86. The van der Waals surface area contributed by atoms with E-state index in [0.29, 0.717) is 17.9 Å². The predicted molar refractivity (Wildman–Crippen MR) is 216 cm³/mol. The summed E-state index contributed by atoms with van der Waals surface area (Å²) in [5, 5.41) is 22.0. The summed E-state index contributed by atoms with van der Waals surface area (Å²) < 4.78 is 18.2. The maximum atomic E-state index is 14.9. The molecule has 5 aromatic rings. The van der Waals surface area contributed by atoms with E-state index in [4.69, 9.17) is 14.2 Å². The number of carbonyl (C=O) groups is 2. The van der Waals surface area contributed by atoms with Crippen LogP contribution in [0.2, 0.25) is 0 Å². The lowest BCUT2D eigenvalue weighted by molar-refractivity contribution is -0.140. The number of β-amino-alcohol motifs (C(OH)–C–C–N with tert-alkyl or cyclic N) is 1. The molecular weight excluding hydrogens is 705 g/mol. The van der Waals surface area contributed by atoms with Crippen molar-refractivity contribution in [2.75, 3.05) is 33.9 Å². The molecule has 0 radical (unpaired) electrons. The lowest BCUT2D eigenvalue weighted by Gasteiger charge is -2.39. The van der Waals surface area contributed by atoms with E-state index in [-0.39, 0.29) is 43.9 Å². The van der Waals surface area contributed by atoms with Gasteiger partial charge >= 0.3 is 6.09 Å². The maximum absolute atomic E-state index is 14.9. The molecule has 290 valence electrons. The number of fused-ring (bicyclic) bond motifs is 3. The van der Waals surface area contributed by atoms with Crippen LogP contribution in [-0.2, 0) is 15.1 Å². The third-order valence-corrected chi connectivity index (χ3v) is 11.3. The Balaban J connectivity index is 1.24. The number of carbonyl (C=O) groups excluding carboxylic acids is 1. The molecule has 0 bridgehead atoms. The van der Waals surface area contributed by atoms with Crippen molar-refractivity contribution in [3.05, 3.63) is 155 Å². The summed E-state index contributed by atoms with van der Waals surface area (Å²) in [6, 6.07) is 40.1. The number of amides is 2. The highest BCUT2D eigenvalue weighted by Gasteiger charge is 2.45. The summed E-state index contributed by atoms with van der Waals surface area (Å²) in [6.07, 6.45) is -1.34. The Morgan fingerprint density at radius 1 is 0.750 bits per heavy atom. The van der Waals surface area contributed by atoms with E-state index < -0.39 is 29.9 Å². The van der Waals surface area contributed by atoms with Crippen LogP contribution in [-0.4, -0.2) is 84.1 Å². The van der Waals surface area contributed by atoms with Crippen LogP contribution in [0.15, 0.2) is 127 Å². The van der Waals surface area contributed by atoms with Crippen molar-refractivity contribution in [2.45, 2.75) is 56.4 Å². The summed E-state index contributed by atoms with van der Waals surface area (Å²) >= 11 is 0. The van der Waals surface area contributed by atoms with Gasteiger partial charge in [-0.2, -0.15) is 0 Å². The number of hydrogen-bond acceptors (Lipinski definition) is 6. The molecule has 9 nitrogen and oxygen atoms in total. The first-order valence-corrected chi connectivity index (χ1v) is 19.3. The molecule has 56 heavy (non-hydrogen) atoms. The average Bonchev–Trinajstić information content (AvgIpc) is 3.76. The van der Waals surface area contributed by atoms with Crippen LogP contribution in [0.4, 0.5) is 4.79 Å². The minimum atomic E-state index is -1.15. The lowest BCUT2D eigenvalue weighted by Crippen LogP contribution is -2.54. The Morgan fingerprint density at radius 3 is 1.75 bits per heavy atom. The number of nitrogens with zero attached hydrogens (tertiary/aromatic N) is 2. The van der Waals surface area contributed by atoms with Gasteiger partial charge in [0.2, 0.25) is 5.91 Å². The average molecular weight is 755 g/mol. The maximum Gasteiger partial charge on any atom is 0.408 e. The van der Waals surface area contributed by atoms with Crippen molar-refractivity contribution in [1.29, 1.82) is 0 Å². The molecule has 9 heteroatoms. The fraction of sp³-hybridized carbons (Fsp3) is 0.319. The Bertz CT molecular complexity index is 2030. The van der Waals surface area contributed by atoms with Gasteiger partial charge in [-0.15, -0.1) is 0 Å². The van der Waals surface area contributed by atoms with Gasteiger partial charge in [0.05, 0.1) is 33.0 Å². The summed E-state index contributed by atoms with van der Waals surface area (Å²) in [5.74, 6) is 0.858. The van der Waals surface area contributed by atoms with Gasteiger partial charge in [-0.3, -0.25) is 9.69 Å². The Morgan fingerprint density at radius 2 is 1.25 bits per heavy atom. The van der Waals surface area contributed by atoms with Gasteiger partial charge in [0.25, 0.3) is 0 Å². The zero-order chi connectivity index (χ0) is 39.4. The van der Waals surface area contributed by atoms with Crippen LogP contribution in [0.3, 0.4) is 0 Å². The third kappa shape index (κ3) is 7.49. The molecule has 2 N–H and O–H groups in total. The number of aliphatic hydroxyl groups is 1. The van der Waals surface area contributed by atoms with Gasteiger partial charge in [0, 0.05) is 19.0 Å². The second-order valence-electron chi connectivity index (χ2n) is 15.2. The number of aliphatic hydroxyl groups excluding tert-OH is 1. The van der Waals surface area contributed by atoms with Crippen molar-refractivity contribution in [2.24, 2.45) is 5.92 Å². The Hall–Kier alpha value is -5.64. The van der Waals surface area contributed by atoms with Gasteiger partial charge < -0.3 is 29.3 Å². The number of likely N-dealkylation sites (tertiary alicyclic amines) is 1. The largest absolute Gasteiger partial charge is 0.497 e. The molecule has 0 saturated carbocycles. The first-order chi connectivity index (χ1) is 27.1. The zero-order valence-electron chi connectivity index (χ0n) is 32.4. The van der Waals surface area contributed by atoms with Crippen LogP contribution < -0.4 is 9.47 Å². The second kappa shape index (κ2) is 16.6. The fourth-order valence-electron chi connectivity index (χ4n) is 8.61. The highest BCUT2D eigenvalue weighted by atomic mass is 16.5. The monoisotopic (exact) mass is 754 g/mol. The first-order valence-electron chi connectivity index (χ1n) is 19.3. The summed E-state index contributed by atoms with van der Waals surface area (Å²) in [7, 11) is 3.25. The molecule has 1 aliphatic heterocycles. The molecule has 1 saturated heterocycles. The highest BCUT2D eigenvalue weighted by Crippen LogP contribution is 2.46. The van der Waals surface area contributed by atoms with Gasteiger partial charge in [-0.1, -0.05) is 117 Å². The van der Waals surface area contributed by atoms with Crippen molar-refractivity contribution < 1.29 is 34.0 Å². The number of methoxy groups -OCH3 is 2. The summed E-state index contributed by atoms with van der Waals surface area (Å²) in [4.78, 5) is 31.2. The molecule has 3 atom stereocenters. The molecule has 0 aromatic heterocycles. The van der Waals surface area contributed by atoms with E-state index in [2.05, 4.69) is 12.1 Å². The molecule has 5 aromatic carbocycles. The van der Waals surface area contributed by atoms with E-state index in [9.17, 15) is 19.8 Å². The number of rotatable bonds is 14. The standard InChI is InChI=1S/C47H50N2O7/c1-31(2)26-44(49(46(52)53)29-43-41-16-10-8-14-39(41)40-15-9-11-17-42(40)43)45(51)48-28-36(50)27-35(48)30-56-47(32-12-6-5-7-13-32,33-18-22-37(54-3)23-19-33)34-20-24-38(55-4)25-21-34/h5-25,31,35-36,43-44,50H,26-30H2,1-4H3,(H,52,53)/t35-,36+,44?/m0/s1. The van der Waals surface area contributed by atoms with E-state index in [0.717, 1.165) is 38.9 Å².